The largest absolute Gasteiger partial charge is 0.309 e. The Balaban J connectivity index is 1.48. The predicted octanol–water partition coefficient (Wildman–Crippen LogP) is 2.56. The molecule has 1 aliphatic rings. The first-order valence-corrected chi connectivity index (χ1v) is 7.42. The second kappa shape index (κ2) is 5.75. The number of nitrogens with one attached hydrogen (secondary N) is 1. The molecule has 0 bridgehead atoms. The maximum absolute atomic E-state index is 4.51. The molecule has 0 amide bonds. The molecule has 106 valence electrons. The van der Waals surface area contributed by atoms with Crippen molar-refractivity contribution in [1.29, 1.82) is 0 Å². The van der Waals surface area contributed by atoms with Gasteiger partial charge in [0.2, 0.25) is 0 Å². The van der Waals surface area contributed by atoms with Crippen molar-refractivity contribution in [1.82, 2.24) is 20.1 Å². The minimum Gasteiger partial charge on any atom is -0.309 e. The summed E-state index contributed by atoms with van der Waals surface area (Å²) < 4.78 is 2.10. The van der Waals surface area contributed by atoms with Crippen molar-refractivity contribution in [3.8, 4) is 0 Å². The van der Waals surface area contributed by atoms with Gasteiger partial charge in [-0.25, -0.2) is 0 Å². The third kappa shape index (κ3) is 2.75. The number of rotatable bonds is 5. The number of nitrogens with zero attached hydrogens (tertiary/aromatic N) is 3. The van der Waals surface area contributed by atoms with Crippen LogP contribution in [0, 0.1) is 13.8 Å². The molecule has 0 aliphatic heterocycles. The van der Waals surface area contributed by atoms with Gasteiger partial charge < -0.3 is 5.32 Å². The first-order chi connectivity index (χ1) is 9.74. The fourth-order valence-electron chi connectivity index (χ4n) is 3.02. The molecule has 1 aliphatic carbocycles. The molecule has 0 radical (unpaired) electrons. The lowest BCUT2D eigenvalue weighted by atomic mass is 10.2. The van der Waals surface area contributed by atoms with Gasteiger partial charge >= 0.3 is 0 Å². The van der Waals surface area contributed by atoms with Crippen molar-refractivity contribution in [2.45, 2.75) is 45.7 Å². The van der Waals surface area contributed by atoms with Crippen molar-refractivity contribution in [3.63, 3.8) is 0 Å². The molecule has 0 saturated carbocycles. The third-order valence-corrected chi connectivity index (χ3v) is 4.00. The normalized spacial score (nSPS) is 17.4. The molecule has 0 spiro atoms. The summed E-state index contributed by atoms with van der Waals surface area (Å²) in [5.74, 6) is 0. The minimum absolute atomic E-state index is 0.437. The molecule has 2 heterocycles. The zero-order valence-electron chi connectivity index (χ0n) is 12.3. The lowest BCUT2D eigenvalue weighted by Crippen LogP contribution is -2.22. The molecule has 2 aromatic rings. The van der Waals surface area contributed by atoms with Crippen LogP contribution in [0.5, 0.6) is 0 Å². The Hall–Kier alpha value is -1.68. The Morgan fingerprint density at radius 2 is 2.30 bits per heavy atom. The Kier molecular flexibility index (Phi) is 3.83. The number of pyridine rings is 1. The van der Waals surface area contributed by atoms with Crippen molar-refractivity contribution < 1.29 is 0 Å². The Bertz CT molecular complexity index is 588. The summed E-state index contributed by atoms with van der Waals surface area (Å²) >= 11 is 0. The Morgan fingerprint density at radius 3 is 3.10 bits per heavy atom. The molecule has 3 rings (SSSR count). The summed E-state index contributed by atoms with van der Waals surface area (Å²) in [7, 11) is 0. The highest BCUT2D eigenvalue weighted by atomic mass is 15.3. The molecule has 20 heavy (non-hydrogen) atoms. The van der Waals surface area contributed by atoms with Gasteiger partial charge in [-0.05, 0) is 57.4 Å². The molecule has 1 atom stereocenters. The van der Waals surface area contributed by atoms with Crippen LogP contribution in [-0.4, -0.2) is 21.3 Å². The fraction of sp³-hybridized carbons (Fsp3) is 0.500. The van der Waals surface area contributed by atoms with E-state index in [1.807, 2.05) is 19.2 Å². The smallest absolute Gasteiger partial charge is 0.0605 e. The zero-order chi connectivity index (χ0) is 13.9. The van der Waals surface area contributed by atoms with E-state index in [9.17, 15) is 0 Å². The quantitative estimate of drug-likeness (QED) is 0.849. The molecule has 4 heteroatoms. The summed E-state index contributed by atoms with van der Waals surface area (Å²) in [5, 5.41) is 8.12. The fourth-order valence-corrected chi connectivity index (χ4v) is 3.02. The van der Waals surface area contributed by atoms with Crippen molar-refractivity contribution >= 4 is 0 Å². The maximum atomic E-state index is 4.51. The van der Waals surface area contributed by atoms with Gasteiger partial charge in [0.05, 0.1) is 17.4 Å². The first-order valence-electron chi connectivity index (χ1n) is 7.42. The van der Waals surface area contributed by atoms with Crippen LogP contribution >= 0.6 is 0 Å². The lowest BCUT2D eigenvalue weighted by molar-refractivity contribution is 0.477. The maximum Gasteiger partial charge on any atom is 0.0605 e. The predicted molar refractivity (Wildman–Crippen MR) is 79.6 cm³/mol. The summed E-state index contributed by atoms with van der Waals surface area (Å²) in [6, 6.07) is 6.79. The second-order valence-corrected chi connectivity index (χ2v) is 5.60. The summed E-state index contributed by atoms with van der Waals surface area (Å²) in [5.41, 5.74) is 5.00. The molecule has 0 fully saturated rings. The average Bonchev–Trinajstić information content (AvgIpc) is 2.99. The van der Waals surface area contributed by atoms with E-state index in [4.69, 9.17) is 0 Å². The van der Waals surface area contributed by atoms with E-state index in [1.54, 1.807) is 0 Å². The molecule has 0 saturated heterocycles. The van der Waals surface area contributed by atoms with Gasteiger partial charge in [-0.2, -0.15) is 5.10 Å². The second-order valence-electron chi connectivity index (χ2n) is 5.60. The van der Waals surface area contributed by atoms with Crippen LogP contribution in [0.2, 0.25) is 0 Å². The van der Waals surface area contributed by atoms with Gasteiger partial charge in [-0.15, -0.1) is 0 Å². The number of hydrogen-bond donors (Lipinski definition) is 1. The van der Waals surface area contributed by atoms with Crippen molar-refractivity contribution in [2.75, 3.05) is 6.54 Å². The van der Waals surface area contributed by atoms with E-state index >= 15 is 0 Å². The van der Waals surface area contributed by atoms with Gasteiger partial charge in [0, 0.05) is 18.4 Å². The molecule has 0 aromatic carbocycles. The molecule has 4 nitrogen and oxygen atoms in total. The van der Waals surface area contributed by atoms with E-state index in [1.165, 1.54) is 23.4 Å². The zero-order valence-corrected chi connectivity index (χ0v) is 12.3. The Morgan fingerprint density at radius 1 is 1.40 bits per heavy atom. The van der Waals surface area contributed by atoms with Crippen molar-refractivity contribution in [3.05, 3.63) is 47.0 Å². The third-order valence-electron chi connectivity index (χ3n) is 4.00. The summed E-state index contributed by atoms with van der Waals surface area (Å²) in [6.07, 6.45) is 5.32. The van der Waals surface area contributed by atoms with Gasteiger partial charge in [-0.1, -0.05) is 6.07 Å². The van der Waals surface area contributed by atoms with E-state index in [-0.39, 0.29) is 0 Å². The highest BCUT2D eigenvalue weighted by Gasteiger charge is 2.22. The van der Waals surface area contributed by atoms with E-state index < -0.39 is 0 Å². The molecular formula is C16H22N4. The van der Waals surface area contributed by atoms with E-state index in [2.05, 4.69) is 39.1 Å². The molecule has 1 unspecified atom stereocenters. The topological polar surface area (TPSA) is 42.7 Å². The monoisotopic (exact) mass is 270 g/mol. The average molecular weight is 270 g/mol. The van der Waals surface area contributed by atoms with E-state index in [0.717, 1.165) is 31.6 Å². The van der Waals surface area contributed by atoms with Crippen LogP contribution in [0.1, 0.15) is 41.5 Å². The number of aryl methyl sites for hydroxylation is 4. The lowest BCUT2D eigenvalue weighted by Gasteiger charge is -2.13. The van der Waals surface area contributed by atoms with Crippen LogP contribution in [-0.2, 0) is 13.0 Å². The summed E-state index contributed by atoms with van der Waals surface area (Å²) in [4.78, 5) is 4.51. The standard InChI is InChI=1S/C16H22N4/c1-12-11-13(2)20(19-12)10-4-9-17-15-7-6-14-5-3-8-18-16(14)15/h3,5,8,11,15,17H,4,6-7,9-10H2,1-2H3. The Labute approximate surface area is 120 Å². The van der Waals surface area contributed by atoms with Crippen LogP contribution in [0.25, 0.3) is 0 Å². The highest BCUT2D eigenvalue weighted by Crippen LogP contribution is 2.28. The van der Waals surface area contributed by atoms with Gasteiger partial charge in [0.25, 0.3) is 0 Å². The molecular weight excluding hydrogens is 248 g/mol. The van der Waals surface area contributed by atoms with Crippen LogP contribution in [0.4, 0.5) is 0 Å². The number of aromatic nitrogens is 3. The van der Waals surface area contributed by atoms with Crippen LogP contribution in [0.3, 0.4) is 0 Å². The first kappa shape index (κ1) is 13.3. The molecule has 1 N–H and O–H groups in total. The summed E-state index contributed by atoms with van der Waals surface area (Å²) in [6.45, 7) is 6.15. The SMILES string of the molecule is Cc1cc(C)n(CCCNC2CCc3cccnc32)n1. The minimum atomic E-state index is 0.437. The van der Waals surface area contributed by atoms with Crippen LogP contribution in [0.15, 0.2) is 24.4 Å². The van der Waals surface area contributed by atoms with Crippen molar-refractivity contribution in [2.24, 2.45) is 0 Å². The number of hydrogen-bond acceptors (Lipinski definition) is 3. The van der Waals surface area contributed by atoms with Gasteiger partial charge in [0.1, 0.15) is 0 Å². The highest BCUT2D eigenvalue weighted by molar-refractivity contribution is 5.27. The number of fused-ring (bicyclic) bond motifs is 1. The van der Waals surface area contributed by atoms with E-state index in [0.29, 0.717) is 6.04 Å². The van der Waals surface area contributed by atoms with Gasteiger partial charge in [0.15, 0.2) is 0 Å². The van der Waals surface area contributed by atoms with Crippen LogP contribution < -0.4 is 5.32 Å². The molecule has 2 aromatic heterocycles. The van der Waals surface area contributed by atoms with Gasteiger partial charge in [-0.3, -0.25) is 9.67 Å².